The number of aromatic nitrogens is 4. The number of amides is 1. The first-order valence-electron chi connectivity index (χ1n) is 6.59. The summed E-state index contributed by atoms with van der Waals surface area (Å²) in [6, 6.07) is 13.4. The predicted molar refractivity (Wildman–Crippen MR) is 76.7 cm³/mol. The van der Waals surface area contributed by atoms with Crippen molar-refractivity contribution in [2.24, 2.45) is 0 Å². The fourth-order valence-electron chi connectivity index (χ4n) is 2.03. The van der Waals surface area contributed by atoms with Crippen molar-refractivity contribution in [3.05, 3.63) is 71.8 Å². The summed E-state index contributed by atoms with van der Waals surface area (Å²) in [6.45, 7) is 0.381. The lowest BCUT2D eigenvalue weighted by atomic mass is 10.1. The molecule has 22 heavy (non-hydrogen) atoms. The third kappa shape index (κ3) is 2.98. The molecule has 0 aliphatic carbocycles. The minimum Gasteiger partial charge on any atom is -0.348 e. The highest BCUT2D eigenvalue weighted by Gasteiger charge is 2.14. The number of rotatable bonds is 4. The standard InChI is InChI=1S/C15H12FN5O/c16-12-6-7-13(14(8-12)21-10-18-19-20-21)15(22)17-9-11-4-2-1-3-5-11/h1-8,10H,9H2,(H,17,22). The number of hydrogen-bond donors (Lipinski definition) is 1. The third-order valence-corrected chi connectivity index (χ3v) is 3.10. The summed E-state index contributed by atoms with van der Waals surface area (Å²) in [6.07, 6.45) is 1.31. The number of halogens is 1. The van der Waals surface area contributed by atoms with Gasteiger partial charge in [0.25, 0.3) is 5.91 Å². The van der Waals surface area contributed by atoms with Gasteiger partial charge in [-0.3, -0.25) is 4.79 Å². The SMILES string of the molecule is O=C(NCc1ccccc1)c1ccc(F)cc1-n1cnnn1. The van der Waals surface area contributed by atoms with E-state index in [1.54, 1.807) is 0 Å². The van der Waals surface area contributed by atoms with Gasteiger partial charge in [0.2, 0.25) is 0 Å². The van der Waals surface area contributed by atoms with E-state index < -0.39 is 5.82 Å². The lowest BCUT2D eigenvalue weighted by molar-refractivity contribution is 0.0950. The van der Waals surface area contributed by atoms with E-state index in [0.29, 0.717) is 12.1 Å². The summed E-state index contributed by atoms with van der Waals surface area (Å²) < 4.78 is 14.7. The molecular formula is C15H12FN5O. The van der Waals surface area contributed by atoms with E-state index in [4.69, 9.17) is 0 Å². The molecule has 0 bridgehead atoms. The van der Waals surface area contributed by atoms with Crippen molar-refractivity contribution in [1.29, 1.82) is 0 Å². The molecule has 7 heteroatoms. The van der Waals surface area contributed by atoms with E-state index >= 15 is 0 Å². The largest absolute Gasteiger partial charge is 0.348 e. The molecule has 0 unspecified atom stereocenters. The molecule has 0 aliphatic heterocycles. The van der Waals surface area contributed by atoms with Crippen LogP contribution in [0.15, 0.2) is 54.9 Å². The minimum atomic E-state index is -0.467. The van der Waals surface area contributed by atoms with E-state index in [2.05, 4.69) is 20.8 Å². The van der Waals surface area contributed by atoms with E-state index in [-0.39, 0.29) is 11.6 Å². The molecular weight excluding hydrogens is 285 g/mol. The Morgan fingerprint density at radius 2 is 2.00 bits per heavy atom. The summed E-state index contributed by atoms with van der Waals surface area (Å²) >= 11 is 0. The van der Waals surface area contributed by atoms with E-state index in [1.807, 2.05) is 30.3 Å². The molecule has 1 amide bonds. The second kappa shape index (κ2) is 6.13. The van der Waals surface area contributed by atoms with Crippen LogP contribution in [0.1, 0.15) is 15.9 Å². The van der Waals surface area contributed by atoms with E-state index in [9.17, 15) is 9.18 Å². The molecule has 1 N–H and O–H groups in total. The quantitative estimate of drug-likeness (QED) is 0.796. The Balaban J connectivity index is 1.83. The van der Waals surface area contributed by atoms with Crippen molar-refractivity contribution in [2.45, 2.75) is 6.54 Å². The average molecular weight is 297 g/mol. The van der Waals surface area contributed by atoms with Crippen LogP contribution in [0.25, 0.3) is 5.69 Å². The fraction of sp³-hybridized carbons (Fsp3) is 0.0667. The summed E-state index contributed by atoms with van der Waals surface area (Å²) in [4.78, 5) is 12.3. The summed E-state index contributed by atoms with van der Waals surface area (Å²) in [5, 5.41) is 13.5. The van der Waals surface area contributed by atoms with Gasteiger partial charge in [0, 0.05) is 12.6 Å². The molecule has 0 atom stereocenters. The van der Waals surface area contributed by atoms with Crippen LogP contribution >= 0.6 is 0 Å². The molecule has 0 fully saturated rings. The van der Waals surface area contributed by atoms with Gasteiger partial charge in [-0.25, -0.2) is 4.39 Å². The molecule has 0 spiro atoms. The van der Waals surface area contributed by atoms with Crippen LogP contribution in [0.5, 0.6) is 0 Å². The summed E-state index contributed by atoms with van der Waals surface area (Å²) in [7, 11) is 0. The Morgan fingerprint density at radius 3 is 2.73 bits per heavy atom. The molecule has 0 aliphatic rings. The van der Waals surface area contributed by atoms with Crippen LogP contribution < -0.4 is 5.32 Å². The lowest BCUT2D eigenvalue weighted by Crippen LogP contribution is -2.24. The molecule has 3 rings (SSSR count). The van der Waals surface area contributed by atoms with Crippen LogP contribution in [-0.2, 0) is 6.54 Å². The van der Waals surface area contributed by atoms with Crippen LogP contribution in [0.3, 0.4) is 0 Å². The fourth-order valence-corrected chi connectivity index (χ4v) is 2.03. The van der Waals surface area contributed by atoms with E-state index in [1.165, 1.54) is 29.2 Å². The van der Waals surface area contributed by atoms with Gasteiger partial charge >= 0.3 is 0 Å². The second-order valence-electron chi connectivity index (χ2n) is 4.58. The molecule has 6 nitrogen and oxygen atoms in total. The van der Waals surface area contributed by atoms with E-state index in [0.717, 1.165) is 5.56 Å². The highest BCUT2D eigenvalue weighted by Crippen LogP contribution is 2.15. The second-order valence-corrected chi connectivity index (χ2v) is 4.58. The highest BCUT2D eigenvalue weighted by molar-refractivity contribution is 5.97. The maximum atomic E-state index is 13.4. The van der Waals surface area contributed by atoms with Crippen molar-refractivity contribution in [2.75, 3.05) is 0 Å². The Labute approximate surface area is 125 Å². The van der Waals surface area contributed by atoms with Gasteiger partial charge in [0.1, 0.15) is 12.1 Å². The summed E-state index contributed by atoms with van der Waals surface area (Å²) in [5.41, 5.74) is 1.56. The van der Waals surface area contributed by atoms with Gasteiger partial charge in [-0.05, 0) is 28.1 Å². The van der Waals surface area contributed by atoms with Gasteiger partial charge in [-0.2, -0.15) is 4.68 Å². The first kappa shape index (κ1) is 13.9. The summed E-state index contributed by atoms with van der Waals surface area (Å²) in [5.74, 6) is -0.792. The van der Waals surface area contributed by atoms with Crippen LogP contribution in [0.2, 0.25) is 0 Å². The Kier molecular flexibility index (Phi) is 3.86. The molecule has 2 aromatic carbocycles. The average Bonchev–Trinajstić information content (AvgIpc) is 3.08. The van der Waals surface area contributed by atoms with Gasteiger partial charge in [0.05, 0.1) is 11.3 Å². The number of benzene rings is 2. The maximum Gasteiger partial charge on any atom is 0.253 e. The molecule has 0 saturated carbocycles. The Morgan fingerprint density at radius 1 is 1.18 bits per heavy atom. The van der Waals surface area contributed by atoms with Gasteiger partial charge in [0.15, 0.2) is 0 Å². The zero-order chi connectivity index (χ0) is 15.4. The zero-order valence-corrected chi connectivity index (χ0v) is 11.5. The number of carbonyl (C=O) groups is 1. The topological polar surface area (TPSA) is 72.7 Å². The van der Waals surface area contributed by atoms with Crippen molar-refractivity contribution < 1.29 is 9.18 Å². The van der Waals surface area contributed by atoms with Crippen LogP contribution in [0, 0.1) is 5.82 Å². The van der Waals surface area contributed by atoms with Crippen LogP contribution in [-0.4, -0.2) is 26.1 Å². The Bertz CT molecular complexity index is 774. The van der Waals surface area contributed by atoms with Gasteiger partial charge in [-0.1, -0.05) is 30.3 Å². The number of tetrazole rings is 1. The number of nitrogens with one attached hydrogen (secondary N) is 1. The lowest BCUT2D eigenvalue weighted by Gasteiger charge is -2.09. The van der Waals surface area contributed by atoms with Crippen molar-refractivity contribution in [3.63, 3.8) is 0 Å². The third-order valence-electron chi connectivity index (χ3n) is 3.10. The highest BCUT2D eigenvalue weighted by atomic mass is 19.1. The molecule has 0 radical (unpaired) electrons. The monoisotopic (exact) mass is 297 g/mol. The molecule has 1 aromatic heterocycles. The zero-order valence-electron chi connectivity index (χ0n) is 11.5. The maximum absolute atomic E-state index is 13.4. The Hall–Kier alpha value is -3.09. The van der Waals surface area contributed by atoms with Crippen molar-refractivity contribution in [1.82, 2.24) is 25.5 Å². The van der Waals surface area contributed by atoms with Gasteiger partial charge in [-0.15, -0.1) is 5.10 Å². The minimum absolute atomic E-state index is 0.288. The van der Waals surface area contributed by atoms with Crippen LogP contribution in [0.4, 0.5) is 4.39 Å². The first-order valence-corrected chi connectivity index (χ1v) is 6.59. The van der Waals surface area contributed by atoms with Gasteiger partial charge < -0.3 is 5.32 Å². The smallest absolute Gasteiger partial charge is 0.253 e. The van der Waals surface area contributed by atoms with Crippen molar-refractivity contribution >= 4 is 5.91 Å². The normalized spacial score (nSPS) is 10.4. The number of carbonyl (C=O) groups excluding carboxylic acids is 1. The number of hydrogen-bond acceptors (Lipinski definition) is 4. The predicted octanol–water partition coefficient (Wildman–Crippen LogP) is 1.73. The first-order chi connectivity index (χ1) is 10.7. The molecule has 1 heterocycles. The van der Waals surface area contributed by atoms with Crippen molar-refractivity contribution in [3.8, 4) is 5.69 Å². The molecule has 0 saturated heterocycles. The molecule has 110 valence electrons. The number of nitrogens with zero attached hydrogens (tertiary/aromatic N) is 4. The molecule has 3 aromatic rings.